The van der Waals surface area contributed by atoms with Gasteiger partial charge in [-0.25, -0.2) is 9.18 Å². The number of hydrogen-bond donors (Lipinski definition) is 1. The number of nitrogens with one attached hydrogen (secondary N) is 1. The normalized spacial score (nSPS) is 12.0. The Balaban J connectivity index is 1.51. The van der Waals surface area contributed by atoms with E-state index in [1.54, 1.807) is 30.3 Å². The molecule has 0 saturated heterocycles. The molecule has 0 fully saturated rings. The molecule has 1 N–H and O–H groups in total. The molecule has 30 heavy (non-hydrogen) atoms. The minimum atomic E-state index is -0.791. The lowest BCUT2D eigenvalue weighted by Crippen LogP contribution is -2.26. The molecule has 0 radical (unpaired) electrons. The molecule has 6 nitrogen and oxygen atoms in total. The van der Waals surface area contributed by atoms with Crippen LogP contribution in [-0.4, -0.2) is 30.0 Å². The number of halogens is 1. The number of rotatable bonds is 4. The largest absolute Gasteiger partial charge is 0.452 e. The highest BCUT2D eigenvalue weighted by atomic mass is 19.1. The molecule has 7 heteroatoms. The molecular weight excluding hydrogens is 389 g/mol. The van der Waals surface area contributed by atoms with Gasteiger partial charge in [0, 0.05) is 16.7 Å². The van der Waals surface area contributed by atoms with E-state index in [0.29, 0.717) is 5.56 Å². The minimum Gasteiger partial charge on any atom is -0.452 e. The summed E-state index contributed by atoms with van der Waals surface area (Å²) in [5, 5.41) is 2.52. The van der Waals surface area contributed by atoms with Gasteiger partial charge in [0.1, 0.15) is 5.82 Å². The molecule has 0 aliphatic heterocycles. The molecule has 1 aliphatic carbocycles. The van der Waals surface area contributed by atoms with E-state index in [-0.39, 0.29) is 39.5 Å². The molecule has 1 aliphatic rings. The van der Waals surface area contributed by atoms with Crippen LogP contribution in [0.15, 0.2) is 66.7 Å². The number of amides is 1. The van der Waals surface area contributed by atoms with Crippen LogP contribution in [0.2, 0.25) is 0 Å². The van der Waals surface area contributed by atoms with E-state index in [0.717, 1.165) is 12.1 Å². The van der Waals surface area contributed by atoms with Gasteiger partial charge in [0.15, 0.2) is 18.2 Å². The van der Waals surface area contributed by atoms with Crippen molar-refractivity contribution >= 4 is 29.1 Å². The molecule has 0 atom stereocenters. The number of carbonyl (C=O) groups excluding carboxylic acids is 4. The summed E-state index contributed by atoms with van der Waals surface area (Å²) < 4.78 is 17.9. The summed E-state index contributed by atoms with van der Waals surface area (Å²) >= 11 is 0. The highest BCUT2D eigenvalue weighted by molar-refractivity contribution is 6.30. The van der Waals surface area contributed by atoms with Crippen molar-refractivity contribution in [2.45, 2.75) is 0 Å². The van der Waals surface area contributed by atoms with Gasteiger partial charge in [-0.1, -0.05) is 36.4 Å². The molecule has 3 aromatic rings. The van der Waals surface area contributed by atoms with E-state index in [9.17, 15) is 23.6 Å². The summed E-state index contributed by atoms with van der Waals surface area (Å²) in [6.45, 7) is -0.612. The lowest BCUT2D eigenvalue weighted by Gasteiger charge is -2.20. The number of benzene rings is 3. The van der Waals surface area contributed by atoms with Gasteiger partial charge in [-0.2, -0.15) is 0 Å². The average molecular weight is 403 g/mol. The zero-order valence-electron chi connectivity index (χ0n) is 15.5. The number of esters is 1. The second-order valence-corrected chi connectivity index (χ2v) is 6.56. The molecule has 0 spiro atoms. The zero-order chi connectivity index (χ0) is 21.3. The van der Waals surface area contributed by atoms with Gasteiger partial charge in [0.25, 0.3) is 5.91 Å². The number of hydrogen-bond acceptors (Lipinski definition) is 5. The van der Waals surface area contributed by atoms with Crippen molar-refractivity contribution in [3.63, 3.8) is 0 Å². The van der Waals surface area contributed by atoms with E-state index in [4.69, 9.17) is 4.74 Å². The van der Waals surface area contributed by atoms with E-state index in [1.165, 1.54) is 24.3 Å². The third-order valence-electron chi connectivity index (χ3n) is 4.64. The molecular formula is C23H14FNO5. The van der Waals surface area contributed by atoms with Crippen LogP contribution in [0.1, 0.15) is 42.2 Å². The first-order valence-electron chi connectivity index (χ1n) is 8.99. The van der Waals surface area contributed by atoms with Gasteiger partial charge in [0.05, 0.1) is 16.8 Å². The minimum absolute atomic E-state index is 0.0960. The predicted octanol–water partition coefficient (Wildman–Crippen LogP) is 3.40. The van der Waals surface area contributed by atoms with E-state index in [1.807, 2.05) is 0 Å². The maximum atomic E-state index is 12.9. The Morgan fingerprint density at radius 1 is 0.800 bits per heavy atom. The predicted molar refractivity (Wildman–Crippen MR) is 105 cm³/mol. The van der Waals surface area contributed by atoms with Gasteiger partial charge < -0.3 is 10.1 Å². The number of ether oxygens (including phenoxy) is 1. The molecule has 0 unspecified atom stereocenters. The third-order valence-corrected chi connectivity index (χ3v) is 4.64. The fourth-order valence-corrected chi connectivity index (χ4v) is 3.24. The molecule has 3 aromatic carbocycles. The van der Waals surface area contributed by atoms with Crippen LogP contribution in [0.3, 0.4) is 0 Å². The van der Waals surface area contributed by atoms with Crippen LogP contribution in [-0.2, 0) is 9.53 Å². The highest BCUT2D eigenvalue weighted by Gasteiger charge is 2.31. The topological polar surface area (TPSA) is 89.5 Å². The van der Waals surface area contributed by atoms with Crippen LogP contribution in [0.4, 0.5) is 10.1 Å². The monoisotopic (exact) mass is 403 g/mol. The summed E-state index contributed by atoms with van der Waals surface area (Å²) in [5.74, 6) is -2.66. The Morgan fingerprint density at radius 2 is 1.43 bits per heavy atom. The van der Waals surface area contributed by atoms with E-state index >= 15 is 0 Å². The number of fused-ring (bicyclic) bond motifs is 2. The summed E-state index contributed by atoms with van der Waals surface area (Å²) in [4.78, 5) is 49.9. The van der Waals surface area contributed by atoms with Crippen molar-refractivity contribution in [2.75, 3.05) is 11.9 Å². The van der Waals surface area contributed by atoms with Crippen LogP contribution in [0.25, 0.3) is 0 Å². The van der Waals surface area contributed by atoms with Crippen LogP contribution < -0.4 is 5.32 Å². The van der Waals surface area contributed by atoms with Crippen molar-refractivity contribution in [1.82, 2.24) is 0 Å². The molecule has 0 aromatic heterocycles. The summed E-state index contributed by atoms with van der Waals surface area (Å²) in [7, 11) is 0. The lowest BCUT2D eigenvalue weighted by molar-refractivity contribution is -0.119. The smallest absolute Gasteiger partial charge is 0.338 e. The Bertz CT molecular complexity index is 1200. The van der Waals surface area contributed by atoms with Gasteiger partial charge in [-0.15, -0.1) is 0 Å². The SMILES string of the molecule is O=C(COC(=O)c1ccc(F)cc1)Nc1cccc2c1C(=O)c1ccccc1C2=O. The number of carbonyl (C=O) groups is 4. The lowest BCUT2D eigenvalue weighted by atomic mass is 9.83. The van der Waals surface area contributed by atoms with Gasteiger partial charge in [0.2, 0.25) is 0 Å². The molecule has 148 valence electrons. The van der Waals surface area contributed by atoms with Crippen LogP contribution in [0.5, 0.6) is 0 Å². The number of anilines is 1. The van der Waals surface area contributed by atoms with Gasteiger partial charge >= 0.3 is 5.97 Å². The van der Waals surface area contributed by atoms with Crippen molar-refractivity contribution in [2.24, 2.45) is 0 Å². The Morgan fingerprint density at radius 3 is 2.13 bits per heavy atom. The first kappa shape index (κ1) is 19.2. The third kappa shape index (κ3) is 3.48. The Kier molecular flexibility index (Phi) is 4.93. The first-order valence-corrected chi connectivity index (χ1v) is 8.99. The molecule has 0 saturated carbocycles. The second kappa shape index (κ2) is 7.71. The van der Waals surface area contributed by atoms with Crippen molar-refractivity contribution < 1.29 is 28.3 Å². The molecule has 4 rings (SSSR count). The standard InChI is InChI=1S/C23H14FNO5/c24-14-10-8-13(9-11-14)23(29)30-12-19(26)25-18-7-3-6-17-20(18)22(28)16-5-2-1-4-15(16)21(17)27/h1-11H,12H2,(H,25,26). The summed E-state index contributed by atoms with van der Waals surface area (Å²) in [6.07, 6.45) is 0. The van der Waals surface area contributed by atoms with Crippen molar-refractivity contribution in [3.8, 4) is 0 Å². The fraction of sp³-hybridized carbons (Fsp3) is 0.0435. The fourth-order valence-electron chi connectivity index (χ4n) is 3.24. The maximum Gasteiger partial charge on any atom is 0.338 e. The van der Waals surface area contributed by atoms with Crippen molar-refractivity contribution in [3.05, 3.63) is 100 Å². The highest BCUT2D eigenvalue weighted by Crippen LogP contribution is 2.31. The maximum absolute atomic E-state index is 12.9. The summed E-state index contributed by atoms with van der Waals surface area (Å²) in [6, 6.07) is 15.7. The van der Waals surface area contributed by atoms with E-state index < -0.39 is 24.3 Å². The molecule has 0 bridgehead atoms. The van der Waals surface area contributed by atoms with Crippen LogP contribution >= 0.6 is 0 Å². The summed E-state index contributed by atoms with van der Waals surface area (Å²) in [5.41, 5.74) is 1.12. The van der Waals surface area contributed by atoms with Crippen molar-refractivity contribution in [1.29, 1.82) is 0 Å². The van der Waals surface area contributed by atoms with E-state index in [2.05, 4.69) is 5.32 Å². The average Bonchev–Trinajstić information content (AvgIpc) is 2.76. The zero-order valence-corrected chi connectivity index (χ0v) is 15.5. The van der Waals surface area contributed by atoms with Gasteiger partial charge in [-0.05, 0) is 30.3 Å². The second-order valence-electron chi connectivity index (χ2n) is 6.56. The quantitative estimate of drug-likeness (QED) is 0.528. The number of ketones is 2. The molecule has 0 heterocycles. The molecule has 1 amide bonds. The Labute approximate surface area is 170 Å². The van der Waals surface area contributed by atoms with Gasteiger partial charge in [-0.3, -0.25) is 14.4 Å². The van der Waals surface area contributed by atoms with Crippen LogP contribution in [0, 0.1) is 5.82 Å². The first-order chi connectivity index (χ1) is 14.5. The Hall–Kier alpha value is -4.13.